The van der Waals surface area contributed by atoms with Crippen molar-refractivity contribution < 1.29 is 47.3 Å². The molecule has 4 heteroatoms. The molecule has 4 heavy (non-hydrogen) atoms. The predicted molar refractivity (Wildman–Crippen MR) is 11.6 cm³/mol. The second kappa shape index (κ2) is 17.9. The molecule has 16 valence electrons. The van der Waals surface area contributed by atoms with E-state index < -0.39 is 0 Å². The summed E-state index contributed by atoms with van der Waals surface area (Å²) in [4.78, 5) is 0. The van der Waals surface area contributed by atoms with Crippen LogP contribution in [0, 0.1) is 0 Å². The summed E-state index contributed by atoms with van der Waals surface area (Å²) in [6.07, 6.45) is 0. The first-order valence-electron chi connectivity index (χ1n) is 0. The second-order valence-corrected chi connectivity index (χ2v) is 0. The molecule has 0 aliphatic rings. The van der Waals surface area contributed by atoms with Crippen LogP contribution in [0.25, 0.3) is 0 Å². The summed E-state index contributed by atoms with van der Waals surface area (Å²) in [6, 6.07) is 0. The Kier molecular flexibility index (Phi) is 142. The molecule has 0 fully saturated rings. The van der Waals surface area contributed by atoms with Crippen molar-refractivity contribution >= 4 is 37.7 Å². The van der Waals surface area contributed by atoms with Crippen LogP contribution in [-0.4, -0.2) is 43.2 Å². The minimum atomic E-state index is 0. The first kappa shape index (κ1) is 31.8. The van der Waals surface area contributed by atoms with Crippen LogP contribution in [0.2, 0.25) is 0 Å². The van der Waals surface area contributed by atoms with Crippen LogP contribution < -0.4 is 0 Å². The summed E-state index contributed by atoms with van der Waals surface area (Å²) >= 11 is 0. The fraction of sp³-hybridized carbons (Fsp3) is 0. The van der Waals surface area contributed by atoms with Crippen molar-refractivity contribution in [3.05, 3.63) is 0 Å². The Hall–Kier alpha value is 2.47. The molecular weight excluding hydrogens is 187 g/mol. The van der Waals surface area contributed by atoms with Crippen LogP contribution >= 0.6 is 0 Å². The molecule has 0 spiro atoms. The van der Waals surface area contributed by atoms with E-state index in [0.29, 0.717) is 0 Å². The van der Waals surface area contributed by atoms with E-state index in [4.69, 9.17) is 0 Å². The molecule has 0 aromatic heterocycles. The van der Waals surface area contributed by atoms with Gasteiger partial charge < -0.3 is 8.33 Å². The molecule has 0 atom stereocenters. The van der Waals surface area contributed by atoms with Gasteiger partial charge in [-0.1, -0.05) is 0 Å². The van der Waals surface area contributed by atoms with Crippen molar-refractivity contribution in [2.75, 3.05) is 0 Å². The SMILES string of the molecule is O.[Ca+2].[H-].[H-].[Zn].[Zn]. The van der Waals surface area contributed by atoms with E-state index in [1.807, 2.05) is 0 Å². The summed E-state index contributed by atoms with van der Waals surface area (Å²) in [5.74, 6) is 0. The Morgan fingerprint density at radius 3 is 1.00 bits per heavy atom. The topological polar surface area (TPSA) is 31.5 Å². The predicted octanol–water partition coefficient (Wildman–Crippen LogP) is -0.986. The Bertz CT molecular complexity index is 11.5. The molecule has 0 amide bonds. The quantitative estimate of drug-likeness (QED) is 0.440. The molecule has 0 aliphatic heterocycles. The summed E-state index contributed by atoms with van der Waals surface area (Å²) in [6.45, 7) is 0. The summed E-state index contributed by atoms with van der Waals surface area (Å²) < 4.78 is 0. The summed E-state index contributed by atoms with van der Waals surface area (Å²) in [5.41, 5.74) is 0. The van der Waals surface area contributed by atoms with Crippen molar-refractivity contribution in [3.63, 3.8) is 0 Å². The van der Waals surface area contributed by atoms with Gasteiger partial charge in [-0.05, 0) is 0 Å². The van der Waals surface area contributed by atoms with Gasteiger partial charge in [-0.3, -0.25) is 0 Å². The minimum absolute atomic E-state index is 0. The number of rotatable bonds is 0. The zero-order chi connectivity index (χ0) is 0. The van der Waals surface area contributed by atoms with Crippen LogP contribution in [-0.2, 0) is 39.0 Å². The van der Waals surface area contributed by atoms with E-state index in [1.165, 1.54) is 0 Å². The van der Waals surface area contributed by atoms with Gasteiger partial charge in [0.2, 0.25) is 0 Å². The molecular formula is H4CaOZn2. The van der Waals surface area contributed by atoms with Crippen molar-refractivity contribution in [2.24, 2.45) is 0 Å². The molecule has 0 aromatic carbocycles. The first-order chi connectivity index (χ1) is 0. The first-order valence-corrected chi connectivity index (χ1v) is 0. The van der Waals surface area contributed by atoms with Gasteiger partial charge >= 0.3 is 37.7 Å². The van der Waals surface area contributed by atoms with E-state index in [9.17, 15) is 0 Å². The number of hydrogen-bond acceptors (Lipinski definition) is 0. The molecule has 0 radical (unpaired) electrons. The van der Waals surface area contributed by atoms with Crippen molar-refractivity contribution in [3.8, 4) is 0 Å². The third kappa shape index (κ3) is 8.82. The fourth-order valence-corrected chi connectivity index (χ4v) is 0. The maximum absolute atomic E-state index is 0. The Balaban J connectivity index is 0. The Labute approximate surface area is 83.7 Å². The van der Waals surface area contributed by atoms with E-state index in [2.05, 4.69) is 0 Å². The normalized spacial score (nSPS) is 0. The molecule has 0 bridgehead atoms. The van der Waals surface area contributed by atoms with E-state index in [0.717, 1.165) is 0 Å². The molecule has 2 N–H and O–H groups in total. The van der Waals surface area contributed by atoms with E-state index >= 15 is 0 Å². The smallest absolute Gasteiger partial charge is 1.00 e. The van der Waals surface area contributed by atoms with Crippen LogP contribution in [0.5, 0.6) is 0 Å². The van der Waals surface area contributed by atoms with Gasteiger partial charge in [-0.15, -0.1) is 0 Å². The molecule has 1 nitrogen and oxygen atoms in total. The maximum atomic E-state index is 0. The standard InChI is InChI=1S/Ca.H2O.2Zn.2H/h;1H2;;;;/q+2;;;;2*-1. The fourth-order valence-electron chi connectivity index (χ4n) is 0. The maximum Gasteiger partial charge on any atom is 2.00 e. The Morgan fingerprint density at radius 2 is 1.00 bits per heavy atom. The van der Waals surface area contributed by atoms with Gasteiger partial charge in [0, 0.05) is 39.0 Å². The molecule has 0 saturated heterocycles. The number of hydrogen-bond donors (Lipinski definition) is 0. The van der Waals surface area contributed by atoms with Gasteiger partial charge in [-0.2, -0.15) is 0 Å². The summed E-state index contributed by atoms with van der Waals surface area (Å²) in [5, 5.41) is 0. The Morgan fingerprint density at radius 1 is 1.00 bits per heavy atom. The molecule has 0 unspecified atom stereocenters. The van der Waals surface area contributed by atoms with Gasteiger partial charge in [0.25, 0.3) is 0 Å². The zero-order valence-electron chi connectivity index (χ0n) is 4.62. The van der Waals surface area contributed by atoms with Crippen molar-refractivity contribution in [1.29, 1.82) is 0 Å². The van der Waals surface area contributed by atoms with E-state index in [-0.39, 0.29) is 85.0 Å². The second-order valence-electron chi connectivity index (χ2n) is 0. The van der Waals surface area contributed by atoms with Crippen LogP contribution in [0.4, 0.5) is 0 Å². The van der Waals surface area contributed by atoms with Crippen LogP contribution in [0.1, 0.15) is 2.85 Å². The van der Waals surface area contributed by atoms with Gasteiger partial charge in [0.1, 0.15) is 0 Å². The van der Waals surface area contributed by atoms with Crippen LogP contribution in [0.3, 0.4) is 0 Å². The van der Waals surface area contributed by atoms with Crippen molar-refractivity contribution in [1.82, 2.24) is 0 Å². The molecule has 0 rings (SSSR count). The van der Waals surface area contributed by atoms with Crippen molar-refractivity contribution in [2.45, 2.75) is 0 Å². The average Bonchev–Trinajstić information content (AvgIpc) is 0. The summed E-state index contributed by atoms with van der Waals surface area (Å²) in [7, 11) is 0. The minimum Gasteiger partial charge on any atom is -1.00 e. The molecule has 0 aromatic rings. The molecule has 0 heterocycles. The van der Waals surface area contributed by atoms with Gasteiger partial charge in [0.05, 0.1) is 0 Å². The van der Waals surface area contributed by atoms with Gasteiger partial charge in [0.15, 0.2) is 0 Å². The van der Waals surface area contributed by atoms with E-state index in [1.54, 1.807) is 0 Å². The third-order valence-corrected chi connectivity index (χ3v) is 0. The largest absolute Gasteiger partial charge is 2.00 e. The molecule has 0 aliphatic carbocycles. The van der Waals surface area contributed by atoms with Crippen LogP contribution in [0.15, 0.2) is 0 Å². The molecule has 0 saturated carbocycles. The average molecular weight is 191 g/mol. The van der Waals surface area contributed by atoms with Gasteiger partial charge in [-0.25, -0.2) is 0 Å². The zero-order valence-corrected chi connectivity index (χ0v) is 10.8. The third-order valence-electron chi connectivity index (χ3n) is 0. The monoisotopic (exact) mass is 188 g/mol.